The van der Waals surface area contributed by atoms with Gasteiger partial charge in [0.05, 0.1) is 17.1 Å². The highest BCUT2D eigenvalue weighted by atomic mass is 16.1. The molecule has 5 heteroatoms. The molecule has 5 nitrogen and oxygen atoms in total. The van der Waals surface area contributed by atoms with E-state index in [-0.39, 0.29) is 0 Å². The van der Waals surface area contributed by atoms with Gasteiger partial charge in [-0.2, -0.15) is 9.13 Å². The molecule has 49 heavy (non-hydrogen) atoms. The first-order chi connectivity index (χ1) is 24.2. The standard InChI is InChI=1S/C44H33N4O/c49-32-48(42-19-8-7-18-41(42)45-37-26-22-35(23-27-37)33-12-3-1-4-13-33)40-17-11-16-39(30-40)47-31-46(43-20-9-10-21-44(43)47)38-28-24-36(25-29-38)34-14-5-2-6-15-34/h1-32,45H/q+1. The van der Waals surface area contributed by atoms with Crippen molar-refractivity contribution in [2.45, 2.75) is 0 Å². The monoisotopic (exact) mass is 633 g/mol. The number of carbonyl (C=O) groups is 1. The van der Waals surface area contributed by atoms with Gasteiger partial charge in [-0.15, -0.1) is 0 Å². The van der Waals surface area contributed by atoms with Gasteiger partial charge in [0, 0.05) is 11.8 Å². The molecule has 0 aliphatic heterocycles. The molecular formula is C44H33N4O+. The van der Waals surface area contributed by atoms with Crippen LogP contribution in [0.25, 0.3) is 44.7 Å². The van der Waals surface area contributed by atoms with Gasteiger partial charge in [0.25, 0.3) is 6.33 Å². The van der Waals surface area contributed by atoms with Crippen LogP contribution in [0, 0.1) is 0 Å². The van der Waals surface area contributed by atoms with E-state index < -0.39 is 0 Å². The zero-order valence-corrected chi connectivity index (χ0v) is 26.7. The Bertz CT molecular complexity index is 2360. The van der Waals surface area contributed by atoms with Crippen LogP contribution in [0.2, 0.25) is 0 Å². The summed E-state index contributed by atoms with van der Waals surface area (Å²) in [6.07, 6.45) is 2.99. The second-order valence-electron chi connectivity index (χ2n) is 11.8. The molecule has 1 aromatic heterocycles. The number of imidazole rings is 1. The molecule has 0 aliphatic rings. The molecule has 1 N–H and O–H groups in total. The lowest BCUT2D eigenvalue weighted by Gasteiger charge is -2.22. The zero-order chi connectivity index (χ0) is 33.0. The highest BCUT2D eigenvalue weighted by molar-refractivity contribution is 5.93. The Morgan fingerprint density at radius 1 is 0.551 bits per heavy atom. The van der Waals surface area contributed by atoms with Crippen LogP contribution in [0.4, 0.5) is 22.7 Å². The van der Waals surface area contributed by atoms with Crippen molar-refractivity contribution in [3.8, 4) is 33.6 Å². The molecule has 234 valence electrons. The molecule has 8 rings (SSSR count). The molecular weight excluding hydrogens is 601 g/mol. The minimum absolute atomic E-state index is 0.757. The number of para-hydroxylation sites is 4. The molecule has 0 saturated carbocycles. The van der Waals surface area contributed by atoms with Crippen LogP contribution >= 0.6 is 0 Å². The van der Waals surface area contributed by atoms with Crippen molar-refractivity contribution in [1.29, 1.82) is 0 Å². The molecule has 0 spiro atoms. The average molecular weight is 634 g/mol. The summed E-state index contributed by atoms with van der Waals surface area (Å²) in [6.45, 7) is 0. The van der Waals surface area contributed by atoms with Crippen molar-refractivity contribution >= 4 is 40.2 Å². The number of fused-ring (bicyclic) bond motifs is 1. The predicted octanol–water partition coefficient (Wildman–Crippen LogP) is 10.3. The van der Waals surface area contributed by atoms with Crippen molar-refractivity contribution in [1.82, 2.24) is 4.57 Å². The summed E-state index contributed by atoms with van der Waals surface area (Å²) in [5, 5.41) is 3.53. The van der Waals surface area contributed by atoms with E-state index in [0.717, 1.165) is 57.1 Å². The normalized spacial score (nSPS) is 10.9. The molecule has 7 aromatic carbocycles. The Balaban J connectivity index is 1.11. The third kappa shape index (κ3) is 5.97. The van der Waals surface area contributed by atoms with Crippen molar-refractivity contribution in [3.63, 3.8) is 0 Å². The Labute approximate surface area is 285 Å². The number of benzene rings is 7. The number of nitrogens with one attached hydrogen (secondary N) is 1. The van der Waals surface area contributed by atoms with Crippen LogP contribution in [0.5, 0.6) is 0 Å². The van der Waals surface area contributed by atoms with Gasteiger partial charge >= 0.3 is 0 Å². The Morgan fingerprint density at radius 3 is 1.84 bits per heavy atom. The third-order valence-corrected chi connectivity index (χ3v) is 8.81. The highest BCUT2D eigenvalue weighted by Crippen LogP contribution is 2.34. The van der Waals surface area contributed by atoms with Gasteiger partial charge in [0.15, 0.2) is 11.0 Å². The topological polar surface area (TPSA) is 41.1 Å². The molecule has 0 aliphatic carbocycles. The maximum atomic E-state index is 12.8. The molecule has 1 heterocycles. The molecule has 0 unspecified atom stereocenters. The second kappa shape index (κ2) is 13.2. The summed E-state index contributed by atoms with van der Waals surface area (Å²) in [7, 11) is 0. The predicted molar refractivity (Wildman–Crippen MR) is 200 cm³/mol. The minimum Gasteiger partial charge on any atom is -0.354 e. The van der Waals surface area contributed by atoms with Gasteiger partial charge in [0.2, 0.25) is 6.41 Å². The van der Waals surface area contributed by atoms with E-state index in [0.29, 0.717) is 0 Å². The van der Waals surface area contributed by atoms with Crippen LogP contribution in [0.15, 0.2) is 188 Å². The van der Waals surface area contributed by atoms with Gasteiger partial charge in [-0.25, -0.2) is 0 Å². The third-order valence-electron chi connectivity index (χ3n) is 8.81. The molecule has 0 fully saturated rings. The van der Waals surface area contributed by atoms with Crippen LogP contribution in [-0.2, 0) is 4.79 Å². The van der Waals surface area contributed by atoms with Gasteiger partial charge in [-0.05, 0) is 82.9 Å². The summed E-state index contributed by atoms with van der Waals surface area (Å²) < 4.78 is 4.38. The average Bonchev–Trinajstić information content (AvgIpc) is 3.57. The van der Waals surface area contributed by atoms with Crippen molar-refractivity contribution < 1.29 is 9.36 Å². The van der Waals surface area contributed by atoms with E-state index in [1.807, 2.05) is 60.7 Å². The lowest BCUT2D eigenvalue weighted by molar-refractivity contribution is -0.567. The van der Waals surface area contributed by atoms with Crippen molar-refractivity contribution in [2.24, 2.45) is 0 Å². The smallest absolute Gasteiger partial charge is 0.255 e. The fourth-order valence-corrected chi connectivity index (χ4v) is 6.34. The number of rotatable bonds is 9. The first-order valence-electron chi connectivity index (χ1n) is 16.3. The molecule has 1 amide bonds. The van der Waals surface area contributed by atoms with Gasteiger partial charge < -0.3 is 5.32 Å². The lowest BCUT2D eigenvalue weighted by Crippen LogP contribution is -2.28. The van der Waals surface area contributed by atoms with E-state index >= 15 is 0 Å². The maximum absolute atomic E-state index is 12.8. The summed E-state index contributed by atoms with van der Waals surface area (Å²) in [5.74, 6) is 0. The molecule has 0 atom stereocenters. The largest absolute Gasteiger partial charge is 0.354 e. The number of aromatic nitrogens is 2. The van der Waals surface area contributed by atoms with Gasteiger partial charge in [0.1, 0.15) is 11.4 Å². The lowest BCUT2D eigenvalue weighted by atomic mass is 10.1. The molecule has 0 radical (unpaired) electrons. The maximum Gasteiger partial charge on any atom is 0.255 e. The molecule has 0 saturated heterocycles. The summed E-state index contributed by atoms with van der Waals surface area (Å²) in [4.78, 5) is 14.5. The molecule has 0 bridgehead atoms. The van der Waals surface area contributed by atoms with Crippen LogP contribution < -0.4 is 14.8 Å². The minimum atomic E-state index is 0.757. The highest BCUT2D eigenvalue weighted by Gasteiger charge is 2.20. The van der Waals surface area contributed by atoms with Crippen molar-refractivity contribution in [3.05, 3.63) is 188 Å². The summed E-state index contributed by atoms with van der Waals surface area (Å²) in [5.41, 5.74) is 12.1. The van der Waals surface area contributed by atoms with Gasteiger partial charge in [-0.3, -0.25) is 9.69 Å². The first kappa shape index (κ1) is 29.7. The second-order valence-corrected chi connectivity index (χ2v) is 11.8. The fourth-order valence-electron chi connectivity index (χ4n) is 6.34. The summed E-state index contributed by atoms with van der Waals surface area (Å²) >= 11 is 0. The Hall–Kier alpha value is -6.72. The summed E-state index contributed by atoms with van der Waals surface area (Å²) in [6, 6.07) is 62.0. The van der Waals surface area contributed by atoms with E-state index in [1.54, 1.807) is 4.90 Å². The van der Waals surface area contributed by atoms with E-state index in [4.69, 9.17) is 0 Å². The van der Waals surface area contributed by atoms with Crippen LogP contribution in [-0.4, -0.2) is 11.0 Å². The Morgan fingerprint density at radius 2 is 1.14 bits per heavy atom. The van der Waals surface area contributed by atoms with E-state index in [2.05, 4.69) is 142 Å². The number of amides is 1. The van der Waals surface area contributed by atoms with Gasteiger partial charge in [-0.1, -0.05) is 115 Å². The van der Waals surface area contributed by atoms with E-state index in [1.165, 1.54) is 16.7 Å². The number of carbonyl (C=O) groups excluding carboxylic acids is 1. The Kier molecular flexibility index (Phi) is 7.98. The number of nitrogens with zero attached hydrogens (tertiary/aromatic N) is 3. The first-order valence-corrected chi connectivity index (χ1v) is 16.3. The number of hydrogen-bond acceptors (Lipinski definition) is 2. The SMILES string of the molecule is O=CN(c1cccc(-n2c[n+](-c3ccc(-c4ccccc4)cc3)c3ccccc32)c1)c1ccccc1Nc1ccc(-c2ccccc2)cc1. The molecule has 8 aromatic rings. The fraction of sp³-hybridized carbons (Fsp3) is 0. The zero-order valence-electron chi connectivity index (χ0n) is 26.7. The number of anilines is 4. The van der Waals surface area contributed by atoms with Crippen molar-refractivity contribution in [2.75, 3.05) is 10.2 Å². The number of hydrogen-bond donors (Lipinski definition) is 1. The van der Waals surface area contributed by atoms with Crippen LogP contribution in [0.3, 0.4) is 0 Å². The quantitative estimate of drug-likeness (QED) is 0.127. The van der Waals surface area contributed by atoms with Crippen LogP contribution in [0.1, 0.15) is 0 Å². The van der Waals surface area contributed by atoms with E-state index in [9.17, 15) is 4.79 Å².